The van der Waals surface area contributed by atoms with E-state index in [-0.39, 0.29) is 11.8 Å². The number of benzene rings is 4. The van der Waals surface area contributed by atoms with E-state index in [0.717, 1.165) is 22.5 Å². The fourth-order valence-corrected chi connectivity index (χ4v) is 5.69. The average Bonchev–Trinajstić information content (AvgIpc) is 3.28. The lowest BCUT2D eigenvalue weighted by molar-refractivity contribution is 0.727. The Morgan fingerprint density at radius 2 is 1.09 bits per heavy atom. The van der Waals surface area contributed by atoms with E-state index >= 15 is 0 Å². The van der Waals surface area contributed by atoms with Crippen LogP contribution in [0.3, 0.4) is 0 Å². The van der Waals surface area contributed by atoms with Crippen molar-refractivity contribution in [3.8, 4) is 5.69 Å². The van der Waals surface area contributed by atoms with Gasteiger partial charge >= 0.3 is 0 Å². The Bertz CT molecular complexity index is 1410. The van der Waals surface area contributed by atoms with Crippen LogP contribution in [-0.4, -0.2) is 29.1 Å². The van der Waals surface area contributed by atoms with Crippen molar-refractivity contribution in [1.82, 2.24) is 15.0 Å². The Labute approximate surface area is 186 Å². The number of rotatable bonds is 2. The van der Waals surface area contributed by atoms with Crippen LogP contribution in [0, 0.1) is 0 Å². The van der Waals surface area contributed by atoms with Crippen molar-refractivity contribution in [1.29, 1.82) is 0 Å². The monoisotopic (exact) mass is 414 g/mol. The highest BCUT2D eigenvalue weighted by atomic mass is 15.5. The second kappa shape index (κ2) is 6.30. The maximum Gasteiger partial charge on any atom is 0.0992 e. The molecule has 0 aliphatic heterocycles. The summed E-state index contributed by atoms with van der Waals surface area (Å²) >= 11 is 0. The first-order valence-electron chi connectivity index (χ1n) is 11.1. The zero-order valence-corrected chi connectivity index (χ0v) is 18.0. The van der Waals surface area contributed by atoms with Gasteiger partial charge in [0.1, 0.15) is 0 Å². The number of anilines is 1. The van der Waals surface area contributed by atoms with Gasteiger partial charge in [0.2, 0.25) is 0 Å². The normalized spacial score (nSPS) is 17.7. The lowest BCUT2D eigenvalue weighted by Crippen LogP contribution is -2.27. The summed E-state index contributed by atoms with van der Waals surface area (Å²) in [5.74, 6) is 0.284. The fourth-order valence-electron chi connectivity index (χ4n) is 5.69. The van der Waals surface area contributed by atoms with Gasteiger partial charge in [-0.15, -0.1) is 0 Å². The third-order valence-electron chi connectivity index (χ3n) is 7.02. The van der Waals surface area contributed by atoms with Crippen molar-refractivity contribution in [2.75, 3.05) is 19.0 Å². The molecule has 0 radical (unpaired) electrons. The molecule has 0 spiro atoms. The first-order chi connectivity index (χ1) is 15.7. The van der Waals surface area contributed by atoms with Crippen molar-refractivity contribution >= 4 is 16.5 Å². The highest BCUT2D eigenvalue weighted by Crippen LogP contribution is 2.54. The highest BCUT2D eigenvalue weighted by Gasteiger charge is 2.44. The largest absolute Gasteiger partial charge is 0.377 e. The van der Waals surface area contributed by atoms with Gasteiger partial charge < -0.3 is 4.90 Å². The Morgan fingerprint density at radius 3 is 1.62 bits per heavy atom. The maximum absolute atomic E-state index is 5.12. The molecule has 0 saturated heterocycles. The van der Waals surface area contributed by atoms with Crippen LogP contribution < -0.4 is 4.90 Å². The molecule has 4 aromatic carbocycles. The standard InChI is InChI=1S/C28H22N4/c1-31(2)23-15-7-14-18-17(23)13-8-16-24(18)32-29-27-25-19-9-3-4-10-20(19)26(28(27)30-32)22-12-6-5-11-21(22)25/h3-16,25-26H,1-2H3. The quantitative estimate of drug-likeness (QED) is 0.376. The molecule has 0 fully saturated rings. The Balaban J connectivity index is 1.48. The summed E-state index contributed by atoms with van der Waals surface area (Å²) in [4.78, 5) is 4.02. The van der Waals surface area contributed by atoms with Gasteiger partial charge in [0.15, 0.2) is 0 Å². The molecule has 0 saturated carbocycles. The molecule has 0 unspecified atom stereocenters. The van der Waals surface area contributed by atoms with E-state index < -0.39 is 0 Å². The molecule has 0 atom stereocenters. The number of hydrogen-bond acceptors (Lipinski definition) is 3. The van der Waals surface area contributed by atoms with E-state index in [1.54, 1.807) is 0 Å². The summed E-state index contributed by atoms with van der Waals surface area (Å²) in [5.41, 5.74) is 9.86. The van der Waals surface area contributed by atoms with Crippen molar-refractivity contribution in [2.24, 2.45) is 0 Å². The van der Waals surface area contributed by atoms with Gasteiger partial charge in [-0.05, 0) is 34.4 Å². The minimum Gasteiger partial charge on any atom is -0.377 e. The van der Waals surface area contributed by atoms with Gasteiger partial charge in [-0.25, -0.2) is 0 Å². The molecular formula is C28H22N4. The van der Waals surface area contributed by atoms with Crippen molar-refractivity contribution < 1.29 is 0 Å². The molecule has 4 heteroatoms. The van der Waals surface area contributed by atoms with E-state index in [4.69, 9.17) is 10.2 Å². The van der Waals surface area contributed by atoms with Gasteiger partial charge in [0.05, 0.1) is 28.9 Å². The molecule has 32 heavy (non-hydrogen) atoms. The van der Waals surface area contributed by atoms with Crippen LogP contribution in [0.2, 0.25) is 0 Å². The summed E-state index contributed by atoms with van der Waals surface area (Å²) in [7, 11) is 4.16. The minimum atomic E-state index is 0.142. The topological polar surface area (TPSA) is 34.0 Å². The molecule has 4 nitrogen and oxygen atoms in total. The summed E-state index contributed by atoms with van der Waals surface area (Å²) in [6.45, 7) is 0. The van der Waals surface area contributed by atoms with Gasteiger partial charge in [0, 0.05) is 30.6 Å². The molecule has 5 aromatic rings. The molecular weight excluding hydrogens is 392 g/mol. The van der Waals surface area contributed by atoms with Crippen LogP contribution in [-0.2, 0) is 0 Å². The minimum absolute atomic E-state index is 0.142. The van der Waals surface area contributed by atoms with Crippen LogP contribution in [0.1, 0.15) is 45.5 Å². The number of aromatic nitrogens is 3. The predicted octanol–water partition coefficient (Wildman–Crippen LogP) is 5.47. The van der Waals surface area contributed by atoms with E-state index in [9.17, 15) is 0 Å². The zero-order valence-electron chi connectivity index (χ0n) is 18.0. The molecule has 3 aliphatic carbocycles. The average molecular weight is 415 g/mol. The first kappa shape index (κ1) is 17.7. The maximum atomic E-state index is 5.12. The zero-order chi connectivity index (χ0) is 21.4. The van der Waals surface area contributed by atoms with Crippen LogP contribution in [0.15, 0.2) is 84.9 Å². The second-order valence-electron chi connectivity index (χ2n) is 8.93. The summed E-state index contributed by atoms with van der Waals surface area (Å²) in [6, 6.07) is 30.4. The molecule has 1 aromatic heterocycles. The lowest BCUT2D eigenvalue weighted by atomic mass is 9.64. The molecule has 154 valence electrons. The summed E-state index contributed by atoms with van der Waals surface area (Å²) in [6.07, 6.45) is 0. The van der Waals surface area contributed by atoms with E-state index in [2.05, 4.69) is 104 Å². The van der Waals surface area contributed by atoms with E-state index in [1.807, 2.05) is 4.80 Å². The summed E-state index contributed by atoms with van der Waals surface area (Å²) in [5, 5.41) is 12.6. The molecule has 3 aliphatic rings. The van der Waals surface area contributed by atoms with Crippen molar-refractivity contribution in [3.63, 3.8) is 0 Å². The molecule has 8 rings (SSSR count). The van der Waals surface area contributed by atoms with Gasteiger partial charge in [-0.2, -0.15) is 15.0 Å². The van der Waals surface area contributed by atoms with Crippen LogP contribution in [0.4, 0.5) is 5.69 Å². The SMILES string of the molecule is CN(C)c1cccc2c(-n3nc4c(n3)C3c5ccccc5C4c4ccccc43)cccc12. The Morgan fingerprint density at radius 1 is 0.594 bits per heavy atom. The van der Waals surface area contributed by atoms with E-state index in [1.165, 1.54) is 33.3 Å². The number of fused-ring (bicyclic) bond motifs is 1. The number of hydrogen-bond donors (Lipinski definition) is 0. The van der Waals surface area contributed by atoms with Crippen molar-refractivity contribution in [2.45, 2.75) is 11.8 Å². The van der Waals surface area contributed by atoms with Crippen LogP contribution in [0.25, 0.3) is 16.5 Å². The smallest absolute Gasteiger partial charge is 0.0992 e. The summed E-state index contributed by atoms with van der Waals surface area (Å²) < 4.78 is 0. The molecule has 1 heterocycles. The van der Waals surface area contributed by atoms with Crippen LogP contribution >= 0.6 is 0 Å². The van der Waals surface area contributed by atoms with Gasteiger partial charge in [0.25, 0.3) is 0 Å². The third kappa shape index (κ3) is 2.21. The van der Waals surface area contributed by atoms with Gasteiger partial charge in [-0.1, -0.05) is 72.8 Å². The second-order valence-corrected chi connectivity index (χ2v) is 8.93. The lowest BCUT2D eigenvalue weighted by Gasteiger charge is -2.38. The molecule has 2 bridgehead atoms. The van der Waals surface area contributed by atoms with Crippen LogP contribution in [0.5, 0.6) is 0 Å². The molecule has 0 N–H and O–H groups in total. The third-order valence-corrected chi connectivity index (χ3v) is 7.02. The Hall–Kier alpha value is -3.92. The first-order valence-corrected chi connectivity index (χ1v) is 11.1. The fraction of sp³-hybridized carbons (Fsp3) is 0.143. The molecule has 0 amide bonds. The van der Waals surface area contributed by atoms with Crippen molar-refractivity contribution in [3.05, 3.63) is 119 Å². The Kier molecular flexibility index (Phi) is 3.49. The van der Waals surface area contributed by atoms with E-state index in [0.29, 0.717) is 0 Å². The number of nitrogens with zero attached hydrogens (tertiary/aromatic N) is 4. The highest BCUT2D eigenvalue weighted by molar-refractivity contribution is 5.99. The van der Waals surface area contributed by atoms with Gasteiger partial charge in [-0.3, -0.25) is 0 Å². The predicted molar refractivity (Wildman–Crippen MR) is 128 cm³/mol.